The van der Waals surface area contributed by atoms with Crippen LogP contribution in [-0.4, -0.2) is 17.6 Å². The number of phenols is 1. The van der Waals surface area contributed by atoms with Gasteiger partial charge in [0.25, 0.3) is 0 Å². The van der Waals surface area contributed by atoms with Crippen LogP contribution in [0.5, 0.6) is 5.75 Å². The summed E-state index contributed by atoms with van der Waals surface area (Å²) in [5.41, 5.74) is 1.04. The molecule has 0 aliphatic heterocycles. The monoisotopic (exact) mass is 196 g/mol. The molecule has 0 aliphatic carbocycles. The highest BCUT2D eigenvalue weighted by Gasteiger charge is 2.05. The number of aldehydes is 1. The standard InChI is InChI=1S/C10H12O2S/c1-13-10-8(5-3-7-11)4-2-6-9(10)12/h2,4,6-7,12H,3,5H2,1H3. The lowest BCUT2D eigenvalue weighted by molar-refractivity contribution is -0.107. The maximum atomic E-state index is 10.2. The van der Waals surface area contributed by atoms with Crippen molar-refractivity contribution < 1.29 is 9.90 Å². The van der Waals surface area contributed by atoms with Crippen molar-refractivity contribution in [3.8, 4) is 5.75 Å². The molecule has 0 spiro atoms. The van der Waals surface area contributed by atoms with Gasteiger partial charge in [-0.25, -0.2) is 0 Å². The molecule has 0 unspecified atom stereocenters. The lowest BCUT2D eigenvalue weighted by Gasteiger charge is -2.06. The van der Waals surface area contributed by atoms with E-state index < -0.39 is 0 Å². The minimum atomic E-state index is 0.302. The Labute approximate surface area is 82.0 Å². The topological polar surface area (TPSA) is 37.3 Å². The van der Waals surface area contributed by atoms with Crippen LogP contribution >= 0.6 is 11.8 Å². The van der Waals surface area contributed by atoms with Crippen LogP contribution in [0.3, 0.4) is 0 Å². The van der Waals surface area contributed by atoms with Crippen molar-refractivity contribution in [2.24, 2.45) is 0 Å². The Bertz CT molecular complexity index is 297. The highest BCUT2D eigenvalue weighted by atomic mass is 32.2. The number of aromatic hydroxyl groups is 1. The van der Waals surface area contributed by atoms with Crippen LogP contribution in [0.2, 0.25) is 0 Å². The molecule has 3 heteroatoms. The van der Waals surface area contributed by atoms with Crippen LogP contribution < -0.4 is 0 Å². The third kappa shape index (κ3) is 2.49. The first-order valence-corrected chi connectivity index (χ1v) is 5.30. The second-order valence-electron chi connectivity index (χ2n) is 2.67. The second-order valence-corrected chi connectivity index (χ2v) is 3.49. The van der Waals surface area contributed by atoms with Gasteiger partial charge in [0.15, 0.2) is 0 Å². The van der Waals surface area contributed by atoms with Crippen LogP contribution in [0.25, 0.3) is 0 Å². The smallest absolute Gasteiger partial charge is 0.129 e. The van der Waals surface area contributed by atoms with E-state index in [1.165, 1.54) is 11.8 Å². The van der Waals surface area contributed by atoms with Gasteiger partial charge >= 0.3 is 0 Å². The molecule has 0 bridgehead atoms. The van der Waals surface area contributed by atoms with Gasteiger partial charge in [0, 0.05) is 6.42 Å². The maximum absolute atomic E-state index is 10.2. The summed E-state index contributed by atoms with van der Waals surface area (Å²) in [5, 5.41) is 9.48. The zero-order chi connectivity index (χ0) is 9.68. The van der Waals surface area contributed by atoms with Crippen molar-refractivity contribution in [2.75, 3.05) is 6.26 Å². The minimum absolute atomic E-state index is 0.302. The van der Waals surface area contributed by atoms with Gasteiger partial charge in [-0.1, -0.05) is 12.1 Å². The van der Waals surface area contributed by atoms with Crippen molar-refractivity contribution in [2.45, 2.75) is 17.7 Å². The van der Waals surface area contributed by atoms with E-state index >= 15 is 0 Å². The van der Waals surface area contributed by atoms with Crippen molar-refractivity contribution >= 4 is 18.0 Å². The molecule has 1 aromatic carbocycles. The number of benzene rings is 1. The molecule has 0 heterocycles. The lowest BCUT2D eigenvalue weighted by Crippen LogP contribution is -1.89. The summed E-state index contributed by atoms with van der Waals surface area (Å²) in [6, 6.07) is 5.40. The molecular formula is C10H12O2S. The number of aryl methyl sites for hydroxylation is 1. The van der Waals surface area contributed by atoms with E-state index in [0.29, 0.717) is 18.6 Å². The Kier molecular flexibility index (Phi) is 3.83. The summed E-state index contributed by atoms with van der Waals surface area (Å²) in [6.07, 6.45) is 4.03. The molecule has 1 aromatic rings. The Balaban J connectivity index is 2.91. The molecule has 2 nitrogen and oxygen atoms in total. The Morgan fingerprint density at radius 1 is 1.54 bits per heavy atom. The first kappa shape index (κ1) is 10.1. The predicted molar refractivity (Wildman–Crippen MR) is 54.3 cm³/mol. The zero-order valence-electron chi connectivity index (χ0n) is 7.49. The molecule has 70 valence electrons. The highest BCUT2D eigenvalue weighted by molar-refractivity contribution is 7.98. The Morgan fingerprint density at radius 3 is 2.92 bits per heavy atom. The van der Waals surface area contributed by atoms with Gasteiger partial charge in [0.05, 0.1) is 4.90 Å². The summed E-state index contributed by atoms with van der Waals surface area (Å²) in [4.78, 5) is 11.1. The van der Waals surface area contributed by atoms with Crippen LogP contribution in [-0.2, 0) is 11.2 Å². The Morgan fingerprint density at radius 2 is 2.31 bits per heavy atom. The molecule has 0 atom stereocenters. The van der Waals surface area contributed by atoms with Crippen LogP contribution in [0.15, 0.2) is 23.1 Å². The zero-order valence-corrected chi connectivity index (χ0v) is 8.30. The number of carbonyl (C=O) groups excluding carboxylic acids is 1. The van der Waals surface area contributed by atoms with Gasteiger partial charge in [0.1, 0.15) is 12.0 Å². The fourth-order valence-corrected chi connectivity index (χ4v) is 1.93. The molecule has 0 fully saturated rings. The number of rotatable bonds is 4. The normalized spacial score (nSPS) is 9.92. The molecule has 0 aliphatic rings. The van der Waals surface area contributed by atoms with Gasteiger partial charge < -0.3 is 9.90 Å². The largest absolute Gasteiger partial charge is 0.507 e. The number of phenolic OH excluding ortho intramolecular Hbond substituents is 1. The fraction of sp³-hybridized carbons (Fsp3) is 0.300. The predicted octanol–water partition coefficient (Wildman–Crippen LogP) is 2.25. The third-order valence-electron chi connectivity index (χ3n) is 1.81. The molecule has 1 rings (SSSR count). The highest BCUT2D eigenvalue weighted by Crippen LogP contribution is 2.30. The minimum Gasteiger partial charge on any atom is -0.507 e. The summed E-state index contributed by atoms with van der Waals surface area (Å²) < 4.78 is 0. The number of carbonyl (C=O) groups is 1. The van der Waals surface area contributed by atoms with E-state index in [0.717, 1.165) is 16.7 Å². The molecule has 0 saturated heterocycles. The molecule has 0 radical (unpaired) electrons. The van der Waals surface area contributed by atoms with Gasteiger partial charge in [-0.05, 0) is 24.3 Å². The number of thioether (sulfide) groups is 1. The van der Waals surface area contributed by atoms with Crippen molar-refractivity contribution in [1.82, 2.24) is 0 Å². The molecule has 0 aromatic heterocycles. The lowest BCUT2D eigenvalue weighted by atomic mass is 10.1. The number of hydrogen-bond acceptors (Lipinski definition) is 3. The van der Waals surface area contributed by atoms with Crippen molar-refractivity contribution in [1.29, 1.82) is 0 Å². The summed E-state index contributed by atoms with van der Waals surface area (Å²) in [6.45, 7) is 0. The average Bonchev–Trinajstić information content (AvgIpc) is 2.15. The van der Waals surface area contributed by atoms with Gasteiger partial charge in [0.2, 0.25) is 0 Å². The Hall–Kier alpha value is -0.960. The molecule has 0 amide bonds. The SMILES string of the molecule is CSc1c(O)cccc1CCC=O. The molecule has 1 N–H and O–H groups in total. The van der Waals surface area contributed by atoms with E-state index in [1.54, 1.807) is 12.1 Å². The summed E-state index contributed by atoms with van der Waals surface area (Å²) in [7, 11) is 0. The number of hydrogen-bond donors (Lipinski definition) is 1. The van der Waals surface area contributed by atoms with Crippen LogP contribution in [0.4, 0.5) is 0 Å². The van der Waals surface area contributed by atoms with E-state index in [1.807, 2.05) is 12.3 Å². The second kappa shape index (κ2) is 4.92. The summed E-state index contributed by atoms with van der Waals surface area (Å²) in [5.74, 6) is 0.302. The first-order chi connectivity index (χ1) is 6.29. The van der Waals surface area contributed by atoms with Gasteiger partial charge in [-0.15, -0.1) is 11.8 Å². The van der Waals surface area contributed by atoms with Gasteiger partial charge in [-0.3, -0.25) is 0 Å². The summed E-state index contributed by atoms with van der Waals surface area (Å²) >= 11 is 1.51. The molecule has 0 saturated carbocycles. The molecule has 13 heavy (non-hydrogen) atoms. The molecular weight excluding hydrogens is 184 g/mol. The van der Waals surface area contributed by atoms with E-state index in [2.05, 4.69) is 0 Å². The van der Waals surface area contributed by atoms with E-state index in [4.69, 9.17) is 0 Å². The average molecular weight is 196 g/mol. The van der Waals surface area contributed by atoms with E-state index in [-0.39, 0.29) is 0 Å². The van der Waals surface area contributed by atoms with Crippen molar-refractivity contribution in [3.05, 3.63) is 23.8 Å². The van der Waals surface area contributed by atoms with Crippen LogP contribution in [0, 0.1) is 0 Å². The first-order valence-electron chi connectivity index (χ1n) is 4.08. The quantitative estimate of drug-likeness (QED) is 0.592. The van der Waals surface area contributed by atoms with Crippen LogP contribution in [0.1, 0.15) is 12.0 Å². The van der Waals surface area contributed by atoms with Gasteiger partial charge in [-0.2, -0.15) is 0 Å². The maximum Gasteiger partial charge on any atom is 0.129 e. The fourth-order valence-electron chi connectivity index (χ4n) is 1.22. The van der Waals surface area contributed by atoms with Crippen molar-refractivity contribution in [3.63, 3.8) is 0 Å². The third-order valence-corrected chi connectivity index (χ3v) is 2.69. The van der Waals surface area contributed by atoms with E-state index in [9.17, 15) is 9.90 Å².